The molecule has 10 nitrogen and oxygen atoms in total. The van der Waals surface area contributed by atoms with E-state index in [4.69, 9.17) is 4.74 Å². The smallest absolute Gasteiger partial charge is 0.332 e. The second-order valence-corrected chi connectivity index (χ2v) is 8.36. The highest BCUT2D eigenvalue weighted by molar-refractivity contribution is 5.77. The first kappa shape index (κ1) is 26.2. The Hall–Kier alpha value is -3.40. The summed E-state index contributed by atoms with van der Waals surface area (Å²) in [5.41, 5.74) is 0.747. The third-order valence-corrected chi connectivity index (χ3v) is 5.90. The highest BCUT2D eigenvalue weighted by Crippen LogP contribution is 2.21. The van der Waals surface area contributed by atoms with Crippen molar-refractivity contribution in [2.24, 2.45) is 0 Å². The van der Waals surface area contributed by atoms with E-state index in [0.29, 0.717) is 48.8 Å². The lowest BCUT2D eigenvalue weighted by molar-refractivity contribution is -0.123. The minimum atomic E-state index is -0.357. The predicted octanol–water partition coefficient (Wildman–Crippen LogP) is 2.21. The normalized spacial score (nSPS) is 11.3. The van der Waals surface area contributed by atoms with Gasteiger partial charge in [-0.15, -0.1) is 0 Å². The van der Waals surface area contributed by atoms with Crippen molar-refractivity contribution in [1.82, 2.24) is 29.3 Å². The van der Waals surface area contributed by atoms with Crippen LogP contribution in [-0.2, 0) is 17.9 Å². The van der Waals surface area contributed by atoms with E-state index in [9.17, 15) is 14.4 Å². The number of carbonyl (C=O) groups excluding carboxylic acids is 1. The topological polar surface area (TPSA) is 114 Å². The minimum absolute atomic E-state index is 0.0670. The molecule has 0 aliphatic heterocycles. The van der Waals surface area contributed by atoms with Gasteiger partial charge in [-0.3, -0.25) is 18.7 Å². The van der Waals surface area contributed by atoms with Crippen molar-refractivity contribution in [2.75, 3.05) is 32.8 Å². The first-order chi connectivity index (χ1) is 16.9. The summed E-state index contributed by atoms with van der Waals surface area (Å²) in [6.45, 7) is 12.2. The average Bonchev–Trinajstić information content (AvgIpc) is 3.32. The van der Waals surface area contributed by atoms with E-state index in [0.717, 1.165) is 31.6 Å². The molecule has 2 aromatic heterocycles. The van der Waals surface area contributed by atoms with Gasteiger partial charge in [-0.05, 0) is 50.2 Å². The number of carbonyl (C=O) groups is 1. The number of aromatic amines is 1. The predicted molar refractivity (Wildman–Crippen MR) is 137 cm³/mol. The van der Waals surface area contributed by atoms with Gasteiger partial charge in [0.25, 0.3) is 11.5 Å². The fourth-order valence-corrected chi connectivity index (χ4v) is 3.95. The third-order valence-electron chi connectivity index (χ3n) is 5.90. The van der Waals surface area contributed by atoms with Gasteiger partial charge in [0.2, 0.25) is 0 Å². The van der Waals surface area contributed by atoms with Crippen LogP contribution in [-0.4, -0.2) is 62.7 Å². The summed E-state index contributed by atoms with van der Waals surface area (Å²) in [7, 11) is 0. The lowest BCUT2D eigenvalue weighted by Crippen LogP contribution is -2.40. The summed E-state index contributed by atoms with van der Waals surface area (Å²) in [5, 5.41) is 2.86. The van der Waals surface area contributed by atoms with Crippen LogP contribution in [0, 0.1) is 0 Å². The molecular weight excluding hydrogens is 448 g/mol. The largest absolute Gasteiger partial charge is 0.484 e. The van der Waals surface area contributed by atoms with Crippen LogP contribution in [0.5, 0.6) is 5.75 Å². The van der Waals surface area contributed by atoms with Crippen molar-refractivity contribution in [3.63, 3.8) is 0 Å². The first-order valence-corrected chi connectivity index (χ1v) is 12.4. The second kappa shape index (κ2) is 12.3. The van der Waals surface area contributed by atoms with E-state index in [2.05, 4.69) is 34.0 Å². The number of aromatic nitrogens is 4. The van der Waals surface area contributed by atoms with Crippen molar-refractivity contribution in [3.8, 4) is 17.1 Å². The lowest BCUT2D eigenvalue weighted by atomic mass is 10.2. The standard InChI is InChI=1S/C25H36N6O4/c1-5-14-30-23-21(24(33)31(15-6-2)25(30)34)27-22(28-23)18-9-11-19(12-10-18)35-17-20(32)26-13-16-29(7-3)8-4/h9-12H,5-8,13-17H2,1-4H3,(H,26,32)(H,27,28). The van der Waals surface area contributed by atoms with Crippen molar-refractivity contribution in [1.29, 1.82) is 0 Å². The summed E-state index contributed by atoms with van der Waals surface area (Å²) in [6, 6.07) is 7.11. The first-order valence-electron chi connectivity index (χ1n) is 12.4. The number of fused-ring (bicyclic) bond motifs is 1. The molecule has 0 saturated heterocycles. The molecule has 0 radical (unpaired) electrons. The Morgan fingerprint density at radius 2 is 1.69 bits per heavy atom. The number of amides is 1. The maximum atomic E-state index is 12.9. The molecule has 0 atom stereocenters. The molecule has 2 N–H and O–H groups in total. The van der Waals surface area contributed by atoms with Gasteiger partial charge < -0.3 is 19.9 Å². The molecule has 1 amide bonds. The summed E-state index contributed by atoms with van der Waals surface area (Å²) in [5.74, 6) is 0.879. The summed E-state index contributed by atoms with van der Waals surface area (Å²) in [6.07, 6.45) is 1.43. The van der Waals surface area contributed by atoms with Gasteiger partial charge in [-0.25, -0.2) is 9.78 Å². The fraction of sp³-hybridized carbons (Fsp3) is 0.520. The Labute approximate surface area is 204 Å². The lowest BCUT2D eigenvalue weighted by Gasteiger charge is -2.17. The molecule has 0 fully saturated rings. The zero-order chi connectivity index (χ0) is 25.4. The van der Waals surface area contributed by atoms with Crippen LogP contribution in [0.4, 0.5) is 0 Å². The minimum Gasteiger partial charge on any atom is -0.484 e. The molecular formula is C25H36N6O4. The number of ether oxygens (including phenoxy) is 1. The number of nitrogens with zero attached hydrogens (tertiary/aromatic N) is 4. The zero-order valence-corrected chi connectivity index (χ0v) is 21.1. The van der Waals surface area contributed by atoms with E-state index in [1.165, 1.54) is 4.57 Å². The maximum Gasteiger partial charge on any atom is 0.332 e. The highest BCUT2D eigenvalue weighted by Gasteiger charge is 2.17. The van der Waals surface area contributed by atoms with Crippen LogP contribution in [0.1, 0.15) is 40.5 Å². The Morgan fingerprint density at radius 3 is 2.31 bits per heavy atom. The van der Waals surface area contributed by atoms with Crippen LogP contribution in [0.3, 0.4) is 0 Å². The van der Waals surface area contributed by atoms with Gasteiger partial charge in [-0.1, -0.05) is 27.7 Å². The molecule has 0 aliphatic carbocycles. The molecule has 0 saturated carbocycles. The Bertz CT molecular complexity index is 1240. The number of nitrogens with one attached hydrogen (secondary N) is 2. The van der Waals surface area contributed by atoms with Crippen LogP contribution < -0.4 is 21.3 Å². The second-order valence-electron chi connectivity index (χ2n) is 8.36. The molecule has 35 heavy (non-hydrogen) atoms. The van der Waals surface area contributed by atoms with E-state index in [-0.39, 0.29) is 23.8 Å². The number of hydrogen-bond acceptors (Lipinski definition) is 6. The van der Waals surface area contributed by atoms with E-state index in [1.807, 2.05) is 13.8 Å². The SMILES string of the molecule is CCCn1c(=O)c2[nH]c(-c3ccc(OCC(=O)NCCN(CC)CC)cc3)nc2n(CCC)c1=O. The number of imidazole rings is 1. The number of benzene rings is 1. The number of rotatable bonds is 13. The van der Waals surface area contributed by atoms with Crippen molar-refractivity contribution in [2.45, 2.75) is 53.6 Å². The van der Waals surface area contributed by atoms with Gasteiger partial charge in [0.15, 0.2) is 12.3 Å². The summed E-state index contributed by atoms with van der Waals surface area (Å²) >= 11 is 0. The Kier molecular flexibility index (Phi) is 9.25. The van der Waals surface area contributed by atoms with Gasteiger partial charge in [0.05, 0.1) is 0 Å². The van der Waals surface area contributed by atoms with Gasteiger partial charge >= 0.3 is 5.69 Å². The molecule has 190 valence electrons. The van der Waals surface area contributed by atoms with Gasteiger partial charge in [0, 0.05) is 31.7 Å². The number of hydrogen-bond donors (Lipinski definition) is 2. The van der Waals surface area contributed by atoms with Gasteiger partial charge in [-0.2, -0.15) is 0 Å². The van der Waals surface area contributed by atoms with E-state index < -0.39 is 0 Å². The van der Waals surface area contributed by atoms with Crippen molar-refractivity contribution < 1.29 is 9.53 Å². The fourth-order valence-electron chi connectivity index (χ4n) is 3.95. The van der Waals surface area contributed by atoms with E-state index in [1.54, 1.807) is 28.8 Å². The van der Waals surface area contributed by atoms with Crippen LogP contribution in [0.2, 0.25) is 0 Å². The molecule has 2 heterocycles. The molecule has 0 bridgehead atoms. The van der Waals surface area contributed by atoms with Crippen LogP contribution in [0.15, 0.2) is 33.9 Å². The Balaban J connectivity index is 1.72. The van der Waals surface area contributed by atoms with Crippen LogP contribution in [0.25, 0.3) is 22.6 Å². The van der Waals surface area contributed by atoms with E-state index >= 15 is 0 Å². The molecule has 3 aromatic rings. The molecule has 3 rings (SSSR count). The number of likely N-dealkylation sites (N-methyl/N-ethyl adjacent to an activating group) is 1. The molecule has 0 unspecified atom stereocenters. The molecule has 0 aliphatic rings. The monoisotopic (exact) mass is 484 g/mol. The average molecular weight is 485 g/mol. The maximum absolute atomic E-state index is 12.9. The molecule has 1 aromatic carbocycles. The zero-order valence-electron chi connectivity index (χ0n) is 21.1. The molecule has 10 heteroatoms. The summed E-state index contributed by atoms with van der Waals surface area (Å²) < 4.78 is 8.43. The van der Waals surface area contributed by atoms with Crippen LogP contribution >= 0.6 is 0 Å². The van der Waals surface area contributed by atoms with Crippen molar-refractivity contribution in [3.05, 3.63) is 45.1 Å². The quantitative estimate of drug-likeness (QED) is 0.385. The number of aryl methyl sites for hydroxylation is 1. The Morgan fingerprint density at radius 1 is 1.03 bits per heavy atom. The summed E-state index contributed by atoms with van der Waals surface area (Å²) in [4.78, 5) is 47.7. The molecule has 0 spiro atoms. The highest BCUT2D eigenvalue weighted by atomic mass is 16.5. The third kappa shape index (κ3) is 6.19. The van der Waals surface area contributed by atoms with Crippen molar-refractivity contribution >= 4 is 17.1 Å². The number of H-pyrrole nitrogens is 1. The van der Waals surface area contributed by atoms with Gasteiger partial charge in [0.1, 0.15) is 17.1 Å².